The first-order chi connectivity index (χ1) is 8.83. The normalized spacial score (nSPS) is 10.9. The van der Waals surface area contributed by atoms with Gasteiger partial charge in [-0.3, -0.25) is 0 Å². The maximum atomic E-state index is 5.91. The largest absolute Gasteiger partial charge is 0.441 e. The van der Waals surface area contributed by atoms with Gasteiger partial charge in [-0.1, -0.05) is 30.3 Å². The van der Waals surface area contributed by atoms with Crippen LogP contribution in [0.4, 0.5) is 5.69 Å². The van der Waals surface area contributed by atoms with Crippen LogP contribution < -0.4 is 5.73 Å². The Balaban J connectivity index is 1.79. The minimum Gasteiger partial charge on any atom is -0.441 e. The van der Waals surface area contributed by atoms with E-state index in [-0.39, 0.29) is 0 Å². The Bertz CT molecular complexity index is 640. The zero-order valence-corrected chi connectivity index (χ0v) is 9.97. The number of aryl methyl sites for hydroxylation is 2. The minimum atomic E-state index is 0.763. The lowest BCUT2D eigenvalue weighted by molar-refractivity contribution is 0.528. The standard InChI is InChI=1S/C15H14N2O/c16-12-6-2-1-5-11(12)9-10-15-17-13-7-3-4-8-14(13)18-15/h1-8H,9-10,16H2. The molecule has 0 radical (unpaired) electrons. The predicted molar refractivity (Wildman–Crippen MR) is 72.3 cm³/mol. The number of aromatic nitrogens is 1. The fraction of sp³-hybridized carbons (Fsp3) is 0.133. The Labute approximate surface area is 105 Å². The molecule has 1 aromatic heterocycles. The first-order valence-electron chi connectivity index (χ1n) is 6.01. The molecule has 3 rings (SSSR count). The molecular weight excluding hydrogens is 224 g/mol. The van der Waals surface area contributed by atoms with Gasteiger partial charge in [-0.2, -0.15) is 0 Å². The van der Waals surface area contributed by atoms with Crippen LogP contribution in [0.3, 0.4) is 0 Å². The van der Waals surface area contributed by atoms with E-state index >= 15 is 0 Å². The molecule has 0 bridgehead atoms. The van der Waals surface area contributed by atoms with Crippen molar-refractivity contribution in [3.05, 3.63) is 60.0 Å². The fourth-order valence-electron chi connectivity index (χ4n) is 2.03. The quantitative estimate of drug-likeness (QED) is 0.713. The molecule has 0 saturated heterocycles. The van der Waals surface area contributed by atoms with Crippen molar-refractivity contribution >= 4 is 16.8 Å². The first kappa shape index (κ1) is 10.8. The van der Waals surface area contributed by atoms with Gasteiger partial charge in [0.2, 0.25) is 0 Å². The lowest BCUT2D eigenvalue weighted by Gasteiger charge is -2.02. The number of hydrogen-bond acceptors (Lipinski definition) is 3. The van der Waals surface area contributed by atoms with Crippen LogP contribution in [0.25, 0.3) is 11.1 Å². The third-order valence-electron chi connectivity index (χ3n) is 3.00. The zero-order chi connectivity index (χ0) is 12.4. The van der Waals surface area contributed by atoms with E-state index in [1.807, 2.05) is 48.5 Å². The SMILES string of the molecule is Nc1ccccc1CCc1nc2ccccc2o1. The Morgan fingerprint density at radius 1 is 0.944 bits per heavy atom. The number of benzene rings is 2. The third kappa shape index (κ3) is 2.07. The first-order valence-corrected chi connectivity index (χ1v) is 6.01. The predicted octanol–water partition coefficient (Wildman–Crippen LogP) is 3.20. The summed E-state index contributed by atoms with van der Waals surface area (Å²) in [6, 6.07) is 15.7. The number of para-hydroxylation sites is 3. The van der Waals surface area contributed by atoms with Gasteiger partial charge in [-0.05, 0) is 30.2 Å². The van der Waals surface area contributed by atoms with Crippen molar-refractivity contribution in [2.75, 3.05) is 5.73 Å². The molecule has 0 spiro atoms. The Kier molecular flexibility index (Phi) is 2.73. The second kappa shape index (κ2) is 4.53. The Morgan fingerprint density at radius 3 is 2.56 bits per heavy atom. The van der Waals surface area contributed by atoms with E-state index in [4.69, 9.17) is 10.2 Å². The molecule has 3 heteroatoms. The lowest BCUT2D eigenvalue weighted by Crippen LogP contribution is -1.96. The highest BCUT2D eigenvalue weighted by molar-refractivity contribution is 5.72. The van der Waals surface area contributed by atoms with Crippen molar-refractivity contribution in [3.63, 3.8) is 0 Å². The van der Waals surface area contributed by atoms with Crippen LogP contribution in [-0.4, -0.2) is 4.98 Å². The lowest BCUT2D eigenvalue weighted by atomic mass is 10.1. The number of hydrogen-bond donors (Lipinski definition) is 1. The summed E-state index contributed by atoms with van der Waals surface area (Å²) in [5.41, 5.74) is 9.63. The second-order valence-corrected chi connectivity index (χ2v) is 4.27. The van der Waals surface area contributed by atoms with E-state index in [2.05, 4.69) is 4.98 Å². The average molecular weight is 238 g/mol. The van der Waals surface area contributed by atoms with Gasteiger partial charge in [0.05, 0.1) is 0 Å². The van der Waals surface area contributed by atoms with Crippen LogP contribution >= 0.6 is 0 Å². The summed E-state index contributed by atoms with van der Waals surface area (Å²) in [5.74, 6) is 0.763. The van der Waals surface area contributed by atoms with Gasteiger partial charge in [0.15, 0.2) is 11.5 Å². The van der Waals surface area contributed by atoms with Crippen molar-refractivity contribution in [2.24, 2.45) is 0 Å². The Hall–Kier alpha value is -2.29. The molecule has 2 aromatic carbocycles. The van der Waals surface area contributed by atoms with E-state index in [1.165, 1.54) is 0 Å². The van der Waals surface area contributed by atoms with E-state index in [0.29, 0.717) is 0 Å². The molecule has 90 valence electrons. The monoisotopic (exact) mass is 238 g/mol. The molecule has 2 N–H and O–H groups in total. The van der Waals surface area contributed by atoms with Crippen LogP contribution in [0.2, 0.25) is 0 Å². The number of nitrogens with zero attached hydrogens (tertiary/aromatic N) is 1. The maximum absolute atomic E-state index is 5.91. The Morgan fingerprint density at radius 2 is 1.72 bits per heavy atom. The van der Waals surface area contributed by atoms with Crippen molar-refractivity contribution in [1.82, 2.24) is 4.98 Å². The van der Waals surface area contributed by atoms with Crippen LogP contribution in [0, 0.1) is 0 Å². The number of nitrogen functional groups attached to an aromatic ring is 1. The van der Waals surface area contributed by atoms with Crippen molar-refractivity contribution in [2.45, 2.75) is 12.8 Å². The van der Waals surface area contributed by atoms with Crippen molar-refractivity contribution in [3.8, 4) is 0 Å². The molecule has 0 saturated carbocycles. The summed E-state index contributed by atoms with van der Waals surface area (Å²) in [7, 11) is 0. The van der Waals surface area contributed by atoms with Gasteiger partial charge in [0.1, 0.15) is 5.52 Å². The average Bonchev–Trinajstić information content (AvgIpc) is 2.80. The van der Waals surface area contributed by atoms with Crippen LogP contribution in [-0.2, 0) is 12.8 Å². The van der Waals surface area contributed by atoms with Gasteiger partial charge in [-0.25, -0.2) is 4.98 Å². The minimum absolute atomic E-state index is 0.763. The highest BCUT2D eigenvalue weighted by Crippen LogP contribution is 2.18. The molecule has 0 unspecified atom stereocenters. The fourth-order valence-corrected chi connectivity index (χ4v) is 2.03. The third-order valence-corrected chi connectivity index (χ3v) is 3.00. The molecule has 0 atom stereocenters. The number of fused-ring (bicyclic) bond motifs is 1. The van der Waals surface area contributed by atoms with Gasteiger partial charge < -0.3 is 10.2 Å². The summed E-state index contributed by atoms with van der Waals surface area (Å²) in [6.07, 6.45) is 1.61. The molecule has 0 aliphatic heterocycles. The van der Waals surface area contributed by atoms with Crippen molar-refractivity contribution in [1.29, 1.82) is 0 Å². The molecular formula is C15H14N2O. The van der Waals surface area contributed by atoms with Gasteiger partial charge in [-0.15, -0.1) is 0 Å². The summed E-state index contributed by atoms with van der Waals surface area (Å²) < 4.78 is 5.68. The smallest absolute Gasteiger partial charge is 0.195 e. The summed E-state index contributed by atoms with van der Waals surface area (Å²) in [6.45, 7) is 0. The van der Waals surface area contributed by atoms with Crippen LogP contribution in [0.15, 0.2) is 52.9 Å². The molecule has 1 heterocycles. The zero-order valence-electron chi connectivity index (χ0n) is 9.97. The van der Waals surface area contributed by atoms with Gasteiger partial charge in [0.25, 0.3) is 0 Å². The maximum Gasteiger partial charge on any atom is 0.195 e. The van der Waals surface area contributed by atoms with E-state index in [1.54, 1.807) is 0 Å². The summed E-state index contributed by atoms with van der Waals surface area (Å²) in [4.78, 5) is 4.45. The van der Waals surface area contributed by atoms with Crippen LogP contribution in [0.5, 0.6) is 0 Å². The highest BCUT2D eigenvalue weighted by atomic mass is 16.3. The molecule has 0 aliphatic rings. The van der Waals surface area contributed by atoms with E-state index < -0.39 is 0 Å². The second-order valence-electron chi connectivity index (χ2n) is 4.27. The number of rotatable bonds is 3. The number of anilines is 1. The molecule has 3 nitrogen and oxygen atoms in total. The summed E-state index contributed by atoms with van der Waals surface area (Å²) >= 11 is 0. The van der Waals surface area contributed by atoms with E-state index in [0.717, 1.165) is 41.1 Å². The molecule has 3 aromatic rings. The number of nitrogens with two attached hydrogens (primary N) is 1. The van der Waals surface area contributed by atoms with Crippen LogP contribution in [0.1, 0.15) is 11.5 Å². The van der Waals surface area contributed by atoms with Gasteiger partial charge >= 0.3 is 0 Å². The summed E-state index contributed by atoms with van der Waals surface area (Å²) in [5, 5.41) is 0. The topological polar surface area (TPSA) is 52.0 Å². The molecule has 0 aliphatic carbocycles. The molecule has 18 heavy (non-hydrogen) atoms. The van der Waals surface area contributed by atoms with Gasteiger partial charge in [0, 0.05) is 12.1 Å². The highest BCUT2D eigenvalue weighted by Gasteiger charge is 2.06. The van der Waals surface area contributed by atoms with E-state index in [9.17, 15) is 0 Å². The molecule has 0 fully saturated rings. The molecule has 0 amide bonds. The van der Waals surface area contributed by atoms with Crippen molar-refractivity contribution < 1.29 is 4.42 Å². The number of oxazole rings is 1.